The zero-order chi connectivity index (χ0) is 15.8. The van der Waals surface area contributed by atoms with Crippen molar-refractivity contribution in [1.29, 1.82) is 0 Å². The quantitative estimate of drug-likeness (QED) is 0.561. The Bertz CT molecular complexity index is 471. The van der Waals surface area contributed by atoms with Crippen molar-refractivity contribution >= 4 is 17.7 Å². The highest BCUT2D eigenvalue weighted by molar-refractivity contribution is 6.06. The van der Waals surface area contributed by atoms with E-state index in [9.17, 15) is 14.4 Å². The second-order valence-electron chi connectivity index (χ2n) is 6.60. The largest absolute Gasteiger partial charge is 0.459 e. The second-order valence-corrected chi connectivity index (χ2v) is 6.60. The van der Waals surface area contributed by atoms with Crippen molar-refractivity contribution in [2.24, 2.45) is 11.3 Å². The van der Waals surface area contributed by atoms with Gasteiger partial charge in [0.2, 0.25) is 0 Å². The first-order chi connectivity index (χ1) is 9.69. The van der Waals surface area contributed by atoms with E-state index in [4.69, 9.17) is 14.2 Å². The summed E-state index contributed by atoms with van der Waals surface area (Å²) < 4.78 is 15.9. The summed E-state index contributed by atoms with van der Waals surface area (Å²) in [5.74, 6) is -1.14. The van der Waals surface area contributed by atoms with Crippen LogP contribution in [0.4, 0.5) is 0 Å². The fourth-order valence-corrected chi connectivity index (χ4v) is 2.80. The number of cyclic esters (lactones) is 2. The second kappa shape index (κ2) is 5.40. The molecule has 2 rings (SSSR count). The molecule has 0 unspecified atom stereocenters. The minimum atomic E-state index is -1.34. The molecule has 0 bridgehead atoms. The fraction of sp³-hybridized carbons (Fsp3) is 0.800. The van der Waals surface area contributed by atoms with Crippen LogP contribution >= 0.6 is 0 Å². The van der Waals surface area contributed by atoms with Gasteiger partial charge in [-0.05, 0) is 19.8 Å². The lowest BCUT2D eigenvalue weighted by atomic mass is 9.77. The van der Waals surface area contributed by atoms with E-state index in [1.54, 1.807) is 0 Å². The summed E-state index contributed by atoms with van der Waals surface area (Å²) in [4.78, 5) is 35.9. The summed E-state index contributed by atoms with van der Waals surface area (Å²) in [6, 6.07) is 0. The van der Waals surface area contributed by atoms with Crippen LogP contribution in [0.1, 0.15) is 40.5 Å². The summed E-state index contributed by atoms with van der Waals surface area (Å²) in [5, 5.41) is 0. The highest BCUT2D eigenvalue weighted by Gasteiger charge is 2.65. The van der Waals surface area contributed by atoms with Gasteiger partial charge < -0.3 is 14.2 Å². The maximum Gasteiger partial charge on any atom is 0.324 e. The number of rotatable bonds is 5. The molecule has 2 heterocycles. The van der Waals surface area contributed by atoms with Crippen molar-refractivity contribution in [3.8, 4) is 0 Å². The number of carbonyl (C=O) groups is 3. The molecule has 1 spiro atoms. The van der Waals surface area contributed by atoms with Crippen LogP contribution in [-0.4, -0.2) is 42.6 Å². The van der Waals surface area contributed by atoms with E-state index in [-0.39, 0.29) is 25.2 Å². The van der Waals surface area contributed by atoms with Crippen LogP contribution in [0, 0.1) is 11.3 Å². The molecule has 2 aliphatic rings. The molecule has 6 nitrogen and oxygen atoms in total. The molecule has 0 N–H and O–H groups in total. The van der Waals surface area contributed by atoms with Gasteiger partial charge in [0.15, 0.2) is 16.8 Å². The van der Waals surface area contributed by atoms with Crippen LogP contribution in [0.5, 0.6) is 0 Å². The van der Waals surface area contributed by atoms with Crippen molar-refractivity contribution in [2.45, 2.75) is 52.2 Å². The van der Waals surface area contributed by atoms with Crippen LogP contribution in [0.15, 0.2) is 0 Å². The molecule has 0 aromatic rings. The molecule has 2 aliphatic heterocycles. The van der Waals surface area contributed by atoms with Crippen LogP contribution in [-0.2, 0) is 28.6 Å². The predicted octanol–water partition coefficient (Wildman–Crippen LogP) is 1.26. The molecule has 2 saturated heterocycles. The highest BCUT2D eigenvalue weighted by atomic mass is 16.6. The van der Waals surface area contributed by atoms with Crippen LogP contribution < -0.4 is 0 Å². The molecular formula is C15H22O6. The first-order valence-corrected chi connectivity index (χ1v) is 7.23. The molecule has 3 atom stereocenters. The Kier molecular flexibility index (Phi) is 4.10. The minimum Gasteiger partial charge on any atom is -0.459 e. The first-order valence-electron chi connectivity index (χ1n) is 7.23. The molecule has 0 amide bonds. The molecule has 0 aromatic carbocycles. The van der Waals surface area contributed by atoms with E-state index in [0.29, 0.717) is 12.5 Å². The lowest BCUT2D eigenvalue weighted by Gasteiger charge is -2.18. The third kappa shape index (κ3) is 2.81. The number of ketones is 1. The van der Waals surface area contributed by atoms with Gasteiger partial charge in [-0.2, -0.15) is 0 Å². The SMILES string of the molecule is CC(=O)[C@@]1(C)C[C@]2(C[C@@H](COCC(C)C)OC2=O)C(=O)O1. The molecule has 0 radical (unpaired) electrons. The molecule has 0 aromatic heterocycles. The van der Waals surface area contributed by atoms with Crippen molar-refractivity contribution in [3.05, 3.63) is 0 Å². The topological polar surface area (TPSA) is 78.9 Å². The number of ether oxygens (including phenoxy) is 3. The average molecular weight is 298 g/mol. The predicted molar refractivity (Wildman–Crippen MR) is 72.4 cm³/mol. The van der Waals surface area contributed by atoms with Crippen LogP contribution in [0.25, 0.3) is 0 Å². The van der Waals surface area contributed by atoms with Gasteiger partial charge in [-0.1, -0.05) is 13.8 Å². The smallest absolute Gasteiger partial charge is 0.324 e. The van der Waals surface area contributed by atoms with Gasteiger partial charge in [-0.3, -0.25) is 14.4 Å². The Morgan fingerprint density at radius 2 is 2.05 bits per heavy atom. The van der Waals surface area contributed by atoms with Crippen LogP contribution in [0.2, 0.25) is 0 Å². The molecule has 21 heavy (non-hydrogen) atoms. The minimum absolute atomic E-state index is 0.0493. The maximum absolute atomic E-state index is 12.1. The van der Waals surface area contributed by atoms with Crippen molar-refractivity contribution < 1.29 is 28.6 Å². The van der Waals surface area contributed by atoms with E-state index in [1.165, 1.54) is 13.8 Å². The van der Waals surface area contributed by atoms with E-state index in [0.717, 1.165) is 0 Å². The lowest BCUT2D eigenvalue weighted by molar-refractivity contribution is -0.162. The average Bonchev–Trinajstić information content (AvgIpc) is 2.79. The molecule has 0 aliphatic carbocycles. The van der Waals surface area contributed by atoms with Crippen molar-refractivity contribution in [1.82, 2.24) is 0 Å². The molecular weight excluding hydrogens is 276 g/mol. The van der Waals surface area contributed by atoms with Gasteiger partial charge in [-0.25, -0.2) is 0 Å². The van der Waals surface area contributed by atoms with Crippen LogP contribution in [0.3, 0.4) is 0 Å². The summed E-state index contributed by atoms with van der Waals surface area (Å²) in [7, 11) is 0. The standard InChI is InChI=1S/C15H22O6/c1-9(2)6-19-7-11-5-15(12(17)20-11)8-14(4,10(3)16)21-13(15)18/h9,11H,5-8H2,1-4H3/t11-,14+,15-/m0/s1. The number of hydrogen-bond acceptors (Lipinski definition) is 6. The summed E-state index contributed by atoms with van der Waals surface area (Å²) in [5.41, 5.74) is -2.57. The molecule has 118 valence electrons. The third-order valence-electron chi connectivity index (χ3n) is 4.09. The van der Waals surface area contributed by atoms with Gasteiger partial charge in [0, 0.05) is 19.4 Å². The molecule has 6 heteroatoms. The van der Waals surface area contributed by atoms with Gasteiger partial charge in [0.1, 0.15) is 6.10 Å². The number of Topliss-reactive ketones (excluding diaryl/α,β-unsaturated/α-hetero) is 1. The number of hydrogen-bond donors (Lipinski definition) is 0. The Labute approximate surface area is 124 Å². The molecule has 0 saturated carbocycles. The lowest BCUT2D eigenvalue weighted by Crippen LogP contribution is -2.35. The van der Waals surface area contributed by atoms with E-state index in [2.05, 4.69) is 0 Å². The molecule has 2 fully saturated rings. The Balaban J connectivity index is 2.05. The third-order valence-corrected chi connectivity index (χ3v) is 4.09. The van der Waals surface area contributed by atoms with Crippen molar-refractivity contribution in [3.63, 3.8) is 0 Å². The zero-order valence-corrected chi connectivity index (χ0v) is 12.9. The number of esters is 2. The highest BCUT2D eigenvalue weighted by Crippen LogP contribution is 2.49. The Hall–Kier alpha value is -1.43. The summed E-state index contributed by atoms with van der Waals surface area (Å²) in [6.45, 7) is 7.77. The van der Waals surface area contributed by atoms with Gasteiger partial charge >= 0.3 is 11.9 Å². The fourth-order valence-electron chi connectivity index (χ4n) is 2.80. The Morgan fingerprint density at radius 1 is 1.38 bits per heavy atom. The monoisotopic (exact) mass is 298 g/mol. The van der Waals surface area contributed by atoms with E-state index in [1.807, 2.05) is 13.8 Å². The summed E-state index contributed by atoms with van der Waals surface area (Å²) >= 11 is 0. The number of carbonyl (C=O) groups excluding carboxylic acids is 3. The van der Waals surface area contributed by atoms with Gasteiger partial charge in [-0.15, -0.1) is 0 Å². The van der Waals surface area contributed by atoms with Gasteiger partial charge in [0.25, 0.3) is 0 Å². The normalized spacial score (nSPS) is 35.4. The maximum atomic E-state index is 12.1. The van der Waals surface area contributed by atoms with E-state index < -0.39 is 29.1 Å². The summed E-state index contributed by atoms with van der Waals surface area (Å²) in [6.07, 6.45) is -0.197. The Morgan fingerprint density at radius 3 is 2.57 bits per heavy atom. The van der Waals surface area contributed by atoms with Gasteiger partial charge in [0.05, 0.1) is 6.61 Å². The van der Waals surface area contributed by atoms with E-state index >= 15 is 0 Å². The zero-order valence-electron chi connectivity index (χ0n) is 12.9. The first kappa shape index (κ1) is 15.9. The van der Waals surface area contributed by atoms with Crippen molar-refractivity contribution in [2.75, 3.05) is 13.2 Å².